The average molecular weight is 496 g/mol. The molecule has 0 saturated carbocycles. The molecule has 1 aliphatic heterocycles. The van der Waals surface area contributed by atoms with Crippen LogP contribution in [0.15, 0.2) is 55.0 Å². The van der Waals surface area contributed by atoms with E-state index in [0.717, 1.165) is 48.4 Å². The Kier molecular flexibility index (Phi) is 6.74. The van der Waals surface area contributed by atoms with Crippen molar-refractivity contribution in [1.29, 1.82) is 0 Å². The molecule has 2 aromatic heterocycles. The standard InChI is InChI=1S/C29H33N7O/c1-19-11-12-20(27(37)33-22-10-8-9-21(16-22)29(2,3)4)15-23(19)34-26-25-24(31-18-32-26)17-30-28(35-25)36-13-6-5-7-14-36/h8-12,15-18H,5-7,13-14H2,1-4H3,(H,33,37)(H,31,32,34). The molecular weight excluding hydrogens is 462 g/mol. The molecule has 0 atom stereocenters. The van der Waals surface area contributed by atoms with Gasteiger partial charge in [0.05, 0.1) is 6.20 Å². The second-order valence-corrected chi connectivity index (χ2v) is 10.6. The van der Waals surface area contributed by atoms with Crippen LogP contribution in [0.4, 0.5) is 23.1 Å². The van der Waals surface area contributed by atoms with Gasteiger partial charge in [-0.1, -0.05) is 39.0 Å². The first-order valence-electron chi connectivity index (χ1n) is 12.8. The van der Waals surface area contributed by atoms with Crippen LogP contribution in [0.2, 0.25) is 0 Å². The zero-order chi connectivity index (χ0) is 26.0. The van der Waals surface area contributed by atoms with Crippen molar-refractivity contribution in [2.75, 3.05) is 28.6 Å². The number of amides is 1. The van der Waals surface area contributed by atoms with Crippen LogP contribution in [0.1, 0.15) is 61.5 Å². The highest BCUT2D eigenvalue weighted by Crippen LogP contribution is 2.28. The van der Waals surface area contributed by atoms with Crippen molar-refractivity contribution in [2.45, 2.75) is 52.4 Å². The Labute approximate surface area is 217 Å². The minimum Gasteiger partial charge on any atom is -0.341 e. The first-order chi connectivity index (χ1) is 17.8. The summed E-state index contributed by atoms with van der Waals surface area (Å²) in [7, 11) is 0. The Balaban J connectivity index is 1.41. The normalized spacial score (nSPS) is 14.0. The van der Waals surface area contributed by atoms with Gasteiger partial charge in [-0.3, -0.25) is 4.79 Å². The average Bonchev–Trinajstić information content (AvgIpc) is 2.90. The lowest BCUT2D eigenvalue weighted by Crippen LogP contribution is -2.31. The smallest absolute Gasteiger partial charge is 0.255 e. The van der Waals surface area contributed by atoms with Crippen molar-refractivity contribution in [1.82, 2.24) is 19.9 Å². The van der Waals surface area contributed by atoms with E-state index in [4.69, 9.17) is 4.98 Å². The van der Waals surface area contributed by atoms with Gasteiger partial charge in [0, 0.05) is 30.0 Å². The molecule has 5 rings (SSSR count). The molecule has 0 radical (unpaired) electrons. The van der Waals surface area contributed by atoms with Gasteiger partial charge in [0.1, 0.15) is 17.4 Å². The first kappa shape index (κ1) is 24.6. The summed E-state index contributed by atoms with van der Waals surface area (Å²) >= 11 is 0. The van der Waals surface area contributed by atoms with Crippen molar-refractivity contribution in [3.05, 3.63) is 71.7 Å². The Bertz CT molecular complexity index is 1440. The van der Waals surface area contributed by atoms with E-state index in [9.17, 15) is 4.79 Å². The van der Waals surface area contributed by atoms with Gasteiger partial charge in [-0.25, -0.2) is 19.9 Å². The van der Waals surface area contributed by atoms with Gasteiger partial charge in [0.15, 0.2) is 5.82 Å². The fourth-order valence-corrected chi connectivity index (χ4v) is 4.47. The molecule has 1 saturated heterocycles. The van der Waals surface area contributed by atoms with Gasteiger partial charge < -0.3 is 15.5 Å². The topological polar surface area (TPSA) is 95.9 Å². The van der Waals surface area contributed by atoms with E-state index in [0.29, 0.717) is 28.4 Å². The van der Waals surface area contributed by atoms with Crippen molar-refractivity contribution in [3.8, 4) is 0 Å². The lowest BCUT2D eigenvalue weighted by atomic mass is 9.87. The lowest BCUT2D eigenvalue weighted by Gasteiger charge is -2.26. The fourth-order valence-electron chi connectivity index (χ4n) is 4.47. The number of anilines is 4. The number of hydrogen-bond donors (Lipinski definition) is 2. The van der Waals surface area contributed by atoms with Gasteiger partial charge in [-0.2, -0.15) is 0 Å². The molecule has 2 N–H and O–H groups in total. The summed E-state index contributed by atoms with van der Waals surface area (Å²) in [5.41, 5.74) is 5.59. The molecule has 1 aliphatic rings. The number of aryl methyl sites for hydroxylation is 1. The van der Waals surface area contributed by atoms with Crippen LogP contribution in [-0.4, -0.2) is 38.9 Å². The maximum absolute atomic E-state index is 13.1. The highest BCUT2D eigenvalue weighted by molar-refractivity contribution is 6.05. The summed E-state index contributed by atoms with van der Waals surface area (Å²) in [6, 6.07) is 13.6. The number of benzene rings is 2. The quantitative estimate of drug-likeness (QED) is 0.350. The Morgan fingerprint density at radius 1 is 0.973 bits per heavy atom. The highest BCUT2D eigenvalue weighted by atomic mass is 16.1. The van der Waals surface area contributed by atoms with Gasteiger partial charge >= 0.3 is 0 Å². The summed E-state index contributed by atoms with van der Waals surface area (Å²) in [4.78, 5) is 33.5. The second kappa shape index (κ2) is 10.1. The van der Waals surface area contributed by atoms with E-state index in [-0.39, 0.29) is 11.3 Å². The van der Waals surface area contributed by atoms with Crippen LogP contribution in [0.25, 0.3) is 11.0 Å². The van der Waals surface area contributed by atoms with Crippen molar-refractivity contribution in [2.24, 2.45) is 0 Å². The zero-order valence-electron chi connectivity index (χ0n) is 21.9. The van der Waals surface area contributed by atoms with Crippen LogP contribution in [0.3, 0.4) is 0 Å². The van der Waals surface area contributed by atoms with Crippen LogP contribution in [0, 0.1) is 6.92 Å². The molecule has 0 aliphatic carbocycles. The zero-order valence-corrected chi connectivity index (χ0v) is 21.9. The lowest BCUT2D eigenvalue weighted by molar-refractivity contribution is 0.102. The molecule has 4 aromatic rings. The minimum absolute atomic E-state index is 0.000575. The Morgan fingerprint density at radius 3 is 2.57 bits per heavy atom. The molecule has 2 aromatic carbocycles. The molecule has 8 heteroatoms. The molecule has 8 nitrogen and oxygen atoms in total. The predicted molar refractivity (Wildman–Crippen MR) is 149 cm³/mol. The van der Waals surface area contributed by atoms with E-state index in [2.05, 4.69) is 57.3 Å². The molecule has 37 heavy (non-hydrogen) atoms. The van der Waals surface area contributed by atoms with Gasteiger partial charge in [-0.15, -0.1) is 0 Å². The molecule has 3 heterocycles. The predicted octanol–water partition coefficient (Wildman–Crippen LogP) is 6.01. The third kappa shape index (κ3) is 5.53. The summed E-state index contributed by atoms with van der Waals surface area (Å²) in [5.74, 6) is 1.12. The van der Waals surface area contributed by atoms with E-state index in [1.54, 1.807) is 6.20 Å². The number of hydrogen-bond acceptors (Lipinski definition) is 7. The Morgan fingerprint density at radius 2 is 1.78 bits per heavy atom. The van der Waals surface area contributed by atoms with Gasteiger partial charge in [0.25, 0.3) is 5.91 Å². The van der Waals surface area contributed by atoms with E-state index in [1.807, 2.05) is 43.3 Å². The fraction of sp³-hybridized carbons (Fsp3) is 0.345. The molecule has 0 bridgehead atoms. The Hall–Kier alpha value is -4.07. The number of carbonyl (C=O) groups excluding carboxylic acids is 1. The first-order valence-corrected chi connectivity index (χ1v) is 12.8. The maximum atomic E-state index is 13.1. The summed E-state index contributed by atoms with van der Waals surface area (Å²) in [6.45, 7) is 10.4. The number of nitrogens with one attached hydrogen (secondary N) is 2. The number of aromatic nitrogens is 4. The molecule has 1 fully saturated rings. The monoisotopic (exact) mass is 495 g/mol. The van der Waals surface area contributed by atoms with Crippen LogP contribution >= 0.6 is 0 Å². The highest BCUT2D eigenvalue weighted by Gasteiger charge is 2.17. The molecule has 1 amide bonds. The van der Waals surface area contributed by atoms with Crippen molar-refractivity contribution >= 4 is 40.1 Å². The van der Waals surface area contributed by atoms with Crippen molar-refractivity contribution < 1.29 is 4.79 Å². The minimum atomic E-state index is -0.170. The third-order valence-corrected chi connectivity index (χ3v) is 6.74. The summed E-state index contributed by atoms with van der Waals surface area (Å²) in [6.07, 6.45) is 6.79. The van der Waals surface area contributed by atoms with Crippen molar-refractivity contribution in [3.63, 3.8) is 0 Å². The SMILES string of the molecule is Cc1ccc(C(=O)Nc2cccc(C(C)(C)C)c2)cc1Nc1ncnc2cnc(N3CCCCC3)nc12. The van der Waals surface area contributed by atoms with E-state index in [1.165, 1.54) is 12.7 Å². The van der Waals surface area contributed by atoms with Gasteiger partial charge in [-0.05, 0) is 67.0 Å². The summed E-state index contributed by atoms with van der Waals surface area (Å²) < 4.78 is 0. The van der Waals surface area contributed by atoms with Crippen LogP contribution in [-0.2, 0) is 5.41 Å². The number of rotatable bonds is 5. The number of fused-ring (bicyclic) bond motifs is 1. The van der Waals surface area contributed by atoms with Gasteiger partial charge in [0.2, 0.25) is 5.95 Å². The maximum Gasteiger partial charge on any atom is 0.255 e. The van der Waals surface area contributed by atoms with Crippen LogP contribution < -0.4 is 15.5 Å². The van der Waals surface area contributed by atoms with E-state index >= 15 is 0 Å². The molecule has 0 unspecified atom stereocenters. The number of nitrogens with zero attached hydrogens (tertiary/aromatic N) is 5. The van der Waals surface area contributed by atoms with Crippen LogP contribution in [0.5, 0.6) is 0 Å². The largest absolute Gasteiger partial charge is 0.341 e. The molecular formula is C29H33N7O. The molecule has 0 spiro atoms. The summed E-state index contributed by atoms with van der Waals surface area (Å²) in [5, 5.41) is 6.43. The number of carbonyl (C=O) groups is 1. The molecule has 190 valence electrons. The third-order valence-electron chi connectivity index (χ3n) is 6.74. The second-order valence-electron chi connectivity index (χ2n) is 10.6. The van der Waals surface area contributed by atoms with E-state index < -0.39 is 0 Å². The number of piperidine rings is 1.